The fraction of sp³-hybridized carbons (Fsp3) is 0.562. The summed E-state index contributed by atoms with van der Waals surface area (Å²) in [6.07, 6.45) is 5.46. The van der Waals surface area contributed by atoms with Gasteiger partial charge in [0.2, 0.25) is 0 Å². The molecule has 20 heavy (non-hydrogen) atoms. The molecule has 0 aliphatic heterocycles. The first-order valence-corrected chi connectivity index (χ1v) is 7.14. The van der Waals surface area contributed by atoms with Crippen LogP contribution in [-0.2, 0) is 4.74 Å². The minimum atomic E-state index is -0.839. The molecule has 112 valence electrons. The molecule has 0 bridgehead atoms. The van der Waals surface area contributed by atoms with Crippen molar-refractivity contribution in [3.05, 3.63) is 35.4 Å². The number of ketones is 1. The SMILES string of the molecule is CCCCCCC(C)OCC(=O)c1ccc(F)cc1F. The van der Waals surface area contributed by atoms with Gasteiger partial charge in [-0.1, -0.05) is 32.6 Å². The highest BCUT2D eigenvalue weighted by atomic mass is 19.1. The van der Waals surface area contributed by atoms with E-state index in [2.05, 4.69) is 6.92 Å². The second-order valence-corrected chi connectivity index (χ2v) is 5.02. The third-order valence-electron chi connectivity index (χ3n) is 3.19. The van der Waals surface area contributed by atoms with E-state index >= 15 is 0 Å². The van der Waals surface area contributed by atoms with Crippen molar-refractivity contribution in [2.24, 2.45) is 0 Å². The van der Waals surface area contributed by atoms with Crippen LogP contribution in [0.4, 0.5) is 8.78 Å². The summed E-state index contributed by atoms with van der Waals surface area (Å²) in [5.74, 6) is -1.98. The van der Waals surface area contributed by atoms with Crippen molar-refractivity contribution in [1.29, 1.82) is 0 Å². The average Bonchev–Trinajstić information content (AvgIpc) is 2.41. The van der Waals surface area contributed by atoms with Gasteiger partial charge in [0.25, 0.3) is 0 Å². The minimum Gasteiger partial charge on any atom is -0.370 e. The van der Waals surface area contributed by atoms with Crippen LogP contribution in [0.5, 0.6) is 0 Å². The zero-order valence-corrected chi connectivity index (χ0v) is 12.1. The molecule has 4 heteroatoms. The first kappa shape index (κ1) is 16.8. The van der Waals surface area contributed by atoms with Gasteiger partial charge in [-0.15, -0.1) is 0 Å². The predicted octanol–water partition coefficient (Wildman–Crippen LogP) is 4.52. The summed E-state index contributed by atoms with van der Waals surface area (Å²) in [7, 11) is 0. The third-order valence-corrected chi connectivity index (χ3v) is 3.19. The van der Waals surface area contributed by atoms with Crippen molar-refractivity contribution in [2.75, 3.05) is 6.61 Å². The highest BCUT2D eigenvalue weighted by molar-refractivity contribution is 5.97. The lowest BCUT2D eigenvalue weighted by Crippen LogP contribution is -2.17. The smallest absolute Gasteiger partial charge is 0.191 e. The normalized spacial score (nSPS) is 12.4. The van der Waals surface area contributed by atoms with Crippen LogP contribution in [0, 0.1) is 11.6 Å². The summed E-state index contributed by atoms with van der Waals surface area (Å²) in [4.78, 5) is 11.8. The maximum absolute atomic E-state index is 13.4. The number of carbonyl (C=O) groups is 1. The molecule has 0 radical (unpaired) electrons. The van der Waals surface area contributed by atoms with E-state index in [1.165, 1.54) is 12.8 Å². The maximum atomic E-state index is 13.4. The first-order chi connectivity index (χ1) is 9.54. The number of rotatable bonds is 9. The Labute approximate surface area is 119 Å². The average molecular weight is 284 g/mol. The Hall–Kier alpha value is -1.29. The Morgan fingerprint density at radius 3 is 2.65 bits per heavy atom. The van der Waals surface area contributed by atoms with E-state index in [0.29, 0.717) is 6.07 Å². The van der Waals surface area contributed by atoms with E-state index in [1.807, 2.05) is 6.92 Å². The highest BCUT2D eigenvalue weighted by Crippen LogP contribution is 2.12. The number of hydrogen-bond acceptors (Lipinski definition) is 2. The zero-order chi connectivity index (χ0) is 15.0. The molecule has 0 spiro atoms. The summed E-state index contributed by atoms with van der Waals surface area (Å²) >= 11 is 0. The number of unbranched alkanes of at least 4 members (excludes halogenated alkanes) is 3. The number of Topliss-reactive ketones (excluding diaryl/α,β-unsaturated/α-hetero) is 1. The molecule has 1 aromatic carbocycles. The Kier molecular flexibility index (Phi) is 7.37. The number of ether oxygens (including phenoxy) is 1. The van der Waals surface area contributed by atoms with E-state index in [9.17, 15) is 13.6 Å². The van der Waals surface area contributed by atoms with Gasteiger partial charge in [0.1, 0.15) is 18.2 Å². The molecule has 0 N–H and O–H groups in total. The van der Waals surface area contributed by atoms with Crippen LogP contribution in [0.25, 0.3) is 0 Å². The van der Waals surface area contributed by atoms with Crippen LogP contribution in [0.3, 0.4) is 0 Å². The van der Waals surface area contributed by atoms with Crippen LogP contribution >= 0.6 is 0 Å². The molecule has 1 unspecified atom stereocenters. The number of carbonyl (C=O) groups excluding carboxylic acids is 1. The van der Waals surface area contributed by atoms with Gasteiger partial charge in [-0.05, 0) is 25.5 Å². The molecule has 1 aromatic rings. The van der Waals surface area contributed by atoms with Crippen LogP contribution in [0.15, 0.2) is 18.2 Å². The zero-order valence-electron chi connectivity index (χ0n) is 12.1. The van der Waals surface area contributed by atoms with Crippen molar-refractivity contribution in [3.63, 3.8) is 0 Å². The maximum Gasteiger partial charge on any atom is 0.191 e. The molecule has 1 atom stereocenters. The van der Waals surface area contributed by atoms with E-state index in [0.717, 1.165) is 31.4 Å². The molecule has 0 fully saturated rings. The Balaban J connectivity index is 2.35. The monoisotopic (exact) mass is 284 g/mol. The van der Waals surface area contributed by atoms with Crippen LogP contribution in [0.1, 0.15) is 56.3 Å². The third kappa shape index (κ3) is 5.78. The van der Waals surface area contributed by atoms with Crippen LogP contribution in [0.2, 0.25) is 0 Å². The summed E-state index contributed by atoms with van der Waals surface area (Å²) in [6, 6.07) is 2.94. The number of benzene rings is 1. The van der Waals surface area contributed by atoms with Gasteiger partial charge in [-0.2, -0.15) is 0 Å². The Bertz CT molecular complexity index is 432. The second-order valence-electron chi connectivity index (χ2n) is 5.02. The molecule has 2 nitrogen and oxygen atoms in total. The number of hydrogen-bond donors (Lipinski definition) is 0. The molecule has 0 aromatic heterocycles. The quantitative estimate of drug-likeness (QED) is 0.492. The fourth-order valence-corrected chi connectivity index (χ4v) is 1.95. The Morgan fingerprint density at radius 1 is 1.25 bits per heavy atom. The van der Waals surface area contributed by atoms with Gasteiger partial charge in [-0.25, -0.2) is 8.78 Å². The van der Waals surface area contributed by atoms with E-state index in [4.69, 9.17) is 4.74 Å². The van der Waals surface area contributed by atoms with Crippen LogP contribution in [-0.4, -0.2) is 18.5 Å². The molecule has 0 saturated heterocycles. The molecular formula is C16H22F2O2. The number of halogens is 2. The van der Waals surface area contributed by atoms with Gasteiger partial charge in [0, 0.05) is 6.07 Å². The van der Waals surface area contributed by atoms with Crippen LogP contribution < -0.4 is 0 Å². The van der Waals surface area contributed by atoms with Gasteiger partial charge in [-0.3, -0.25) is 4.79 Å². The lowest BCUT2D eigenvalue weighted by atomic mass is 10.1. The molecule has 1 rings (SSSR count). The lowest BCUT2D eigenvalue weighted by Gasteiger charge is -2.12. The van der Waals surface area contributed by atoms with Crippen molar-refractivity contribution >= 4 is 5.78 Å². The summed E-state index contributed by atoms with van der Waals surface area (Å²) in [5.41, 5.74) is -0.121. The van der Waals surface area contributed by atoms with E-state index < -0.39 is 17.4 Å². The molecule has 0 aliphatic rings. The molecule has 0 heterocycles. The molecule has 0 aliphatic carbocycles. The fourth-order valence-electron chi connectivity index (χ4n) is 1.95. The van der Waals surface area contributed by atoms with Gasteiger partial charge in [0.15, 0.2) is 5.78 Å². The largest absolute Gasteiger partial charge is 0.370 e. The minimum absolute atomic E-state index is 0.0284. The summed E-state index contributed by atoms with van der Waals surface area (Å²) in [6.45, 7) is 3.88. The molecular weight excluding hydrogens is 262 g/mol. The van der Waals surface area contributed by atoms with E-state index in [-0.39, 0.29) is 18.3 Å². The highest BCUT2D eigenvalue weighted by Gasteiger charge is 2.14. The molecule has 0 saturated carbocycles. The predicted molar refractivity (Wildman–Crippen MR) is 74.9 cm³/mol. The van der Waals surface area contributed by atoms with Crippen molar-refractivity contribution < 1.29 is 18.3 Å². The van der Waals surface area contributed by atoms with Crippen molar-refractivity contribution in [3.8, 4) is 0 Å². The molecule has 0 amide bonds. The van der Waals surface area contributed by atoms with Gasteiger partial charge in [0.05, 0.1) is 11.7 Å². The summed E-state index contributed by atoms with van der Waals surface area (Å²) in [5, 5.41) is 0. The van der Waals surface area contributed by atoms with E-state index in [1.54, 1.807) is 0 Å². The Morgan fingerprint density at radius 2 is 2.00 bits per heavy atom. The van der Waals surface area contributed by atoms with Gasteiger partial charge < -0.3 is 4.74 Å². The second kappa shape index (κ2) is 8.80. The van der Waals surface area contributed by atoms with Crippen molar-refractivity contribution in [2.45, 2.75) is 52.1 Å². The van der Waals surface area contributed by atoms with Crippen molar-refractivity contribution in [1.82, 2.24) is 0 Å². The topological polar surface area (TPSA) is 26.3 Å². The first-order valence-electron chi connectivity index (χ1n) is 7.14. The summed E-state index contributed by atoms with van der Waals surface area (Å²) < 4.78 is 31.6. The van der Waals surface area contributed by atoms with Gasteiger partial charge >= 0.3 is 0 Å². The lowest BCUT2D eigenvalue weighted by molar-refractivity contribution is 0.0480. The standard InChI is InChI=1S/C16H22F2O2/c1-3-4-5-6-7-12(2)20-11-16(19)14-9-8-13(17)10-15(14)18/h8-10,12H,3-7,11H2,1-2H3.